The van der Waals surface area contributed by atoms with Gasteiger partial charge in [0.25, 0.3) is 5.91 Å². The molecule has 0 aliphatic carbocycles. The first-order valence-corrected chi connectivity index (χ1v) is 6.26. The zero-order chi connectivity index (χ0) is 12.3. The molecule has 94 valence electrons. The molecule has 1 aromatic rings. The van der Waals surface area contributed by atoms with Gasteiger partial charge in [-0.15, -0.1) is 0 Å². The Morgan fingerprint density at radius 3 is 3.00 bits per heavy atom. The molecule has 1 amide bonds. The minimum atomic E-state index is -0.0453. The van der Waals surface area contributed by atoms with Crippen LogP contribution in [0.3, 0.4) is 0 Å². The van der Waals surface area contributed by atoms with Gasteiger partial charge in [-0.2, -0.15) is 5.10 Å². The Hall–Kier alpha value is -1.36. The molecule has 0 aromatic carbocycles. The lowest BCUT2D eigenvalue weighted by Gasteiger charge is -2.23. The number of hydrogen-bond acceptors (Lipinski definition) is 3. The van der Waals surface area contributed by atoms with Crippen LogP contribution >= 0.6 is 0 Å². The Labute approximate surface area is 101 Å². The van der Waals surface area contributed by atoms with Crippen LogP contribution in [0.15, 0.2) is 6.20 Å². The summed E-state index contributed by atoms with van der Waals surface area (Å²) >= 11 is 0. The lowest BCUT2D eigenvalue weighted by atomic mass is 9.99. The van der Waals surface area contributed by atoms with Gasteiger partial charge in [-0.25, -0.2) is 0 Å². The van der Waals surface area contributed by atoms with Gasteiger partial charge in [0.05, 0.1) is 17.5 Å². The number of hydrogen-bond donors (Lipinski definition) is 3. The number of aromatic amines is 1. The normalized spacial score (nSPS) is 20.5. The van der Waals surface area contributed by atoms with Crippen molar-refractivity contribution in [1.29, 1.82) is 0 Å². The summed E-state index contributed by atoms with van der Waals surface area (Å²) in [5.41, 5.74) is 1.58. The fourth-order valence-electron chi connectivity index (χ4n) is 2.18. The van der Waals surface area contributed by atoms with Gasteiger partial charge in [0, 0.05) is 12.1 Å². The molecular weight excluding hydrogens is 216 g/mol. The average Bonchev–Trinajstić information content (AvgIpc) is 2.78. The first-order valence-electron chi connectivity index (χ1n) is 6.26. The molecule has 5 nitrogen and oxygen atoms in total. The van der Waals surface area contributed by atoms with E-state index in [0.717, 1.165) is 18.7 Å². The molecule has 1 unspecified atom stereocenters. The van der Waals surface area contributed by atoms with Crippen LogP contribution in [0.25, 0.3) is 0 Å². The van der Waals surface area contributed by atoms with E-state index in [1.807, 2.05) is 13.8 Å². The second-order valence-electron chi connectivity index (χ2n) is 4.83. The van der Waals surface area contributed by atoms with Crippen molar-refractivity contribution < 1.29 is 4.79 Å². The molecule has 0 saturated carbocycles. The van der Waals surface area contributed by atoms with Crippen LogP contribution in [0.1, 0.15) is 55.2 Å². The van der Waals surface area contributed by atoms with Crippen LogP contribution in [0.4, 0.5) is 0 Å². The zero-order valence-electron chi connectivity index (χ0n) is 10.4. The predicted octanol–water partition coefficient (Wildman–Crippen LogP) is 1.36. The molecule has 0 bridgehead atoms. The van der Waals surface area contributed by atoms with Crippen molar-refractivity contribution in [2.45, 2.75) is 45.2 Å². The van der Waals surface area contributed by atoms with Crippen LogP contribution in [0.2, 0.25) is 0 Å². The molecule has 1 saturated heterocycles. The molecule has 1 fully saturated rings. The molecular formula is C12H20N4O. The van der Waals surface area contributed by atoms with E-state index in [4.69, 9.17) is 0 Å². The quantitative estimate of drug-likeness (QED) is 0.742. The van der Waals surface area contributed by atoms with Crippen molar-refractivity contribution in [2.24, 2.45) is 0 Å². The first kappa shape index (κ1) is 12.1. The Bertz CT molecular complexity index is 380. The Kier molecular flexibility index (Phi) is 3.78. The fraction of sp³-hybridized carbons (Fsp3) is 0.667. The van der Waals surface area contributed by atoms with Crippen molar-refractivity contribution in [3.05, 3.63) is 17.5 Å². The first-order chi connectivity index (χ1) is 8.18. The van der Waals surface area contributed by atoms with Gasteiger partial charge in [-0.3, -0.25) is 9.89 Å². The number of aromatic nitrogens is 2. The van der Waals surface area contributed by atoms with E-state index in [9.17, 15) is 4.79 Å². The maximum atomic E-state index is 12.0. The summed E-state index contributed by atoms with van der Waals surface area (Å²) in [4.78, 5) is 12.0. The van der Waals surface area contributed by atoms with Gasteiger partial charge in [-0.1, -0.05) is 6.42 Å². The summed E-state index contributed by atoms with van der Waals surface area (Å²) < 4.78 is 0. The molecule has 17 heavy (non-hydrogen) atoms. The Morgan fingerprint density at radius 2 is 2.35 bits per heavy atom. The van der Waals surface area contributed by atoms with Crippen LogP contribution < -0.4 is 10.6 Å². The SMILES string of the molecule is CC(C)NC(=O)c1cn[nH]c1C1CCCCN1. The summed E-state index contributed by atoms with van der Waals surface area (Å²) in [6, 6.07) is 0.378. The molecule has 1 aliphatic heterocycles. The lowest BCUT2D eigenvalue weighted by Crippen LogP contribution is -2.33. The van der Waals surface area contributed by atoms with E-state index in [1.165, 1.54) is 12.8 Å². The van der Waals surface area contributed by atoms with E-state index in [1.54, 1.807) is 6.20 Å². The molecule has 5 heteroatoms. The smallest absolute Gasteiger partial charge is 0.255 e. The molecule has 1 atom stereocenters. The van der Waals surface area contributed by atoms with Gasteiger partial charge < -0.3 is 10.6 Å². The van der Waals surface area contributed by atoms with Gasteiger partial charge in [-0.05, 0) is 33.2 Å². The molecule has 0 spiro atoms. The van der Waals surface area contributed by atoms with Crippen molar-refractivity contribution in [1.82, 2.24) is 20.8 Å². The van der Waals surface area contributed by atoms with E-state index < -0.39 is 0 Å². The van der Waals surface area contributed by atoms with Crippen LogP contribution in [-0.4, -0.2) is 28.7 Å². The number of carbonyl (C=O) groups excluding carboxylic acids is 1. The summed E-state index contributed by atoms with van der Waals surface area (Å²) in [6.07, 6.45) is 5.08. The van der Waals surface area contributed by atoms with E-state index >= 15 is 0 Å². The molecule has 1 aliphatic rings. The van der Waals surface area contributed by atoms with E-state index in [0.29, 0.717) is 5.56 Å². The van der Waals surface area contributed by atoms with Crippen molar-refractivity contribution >= 4 is 5.91 Å². The third-order valence-electron chi connectivity index (χ3n) is 2.99. The third kappa shape index (κ3) is 2.85. The van der Waals surface area contributed by atoms with Gasteiger partial charge >= 0.3 is 0 Å². The second-order valence-corrected chi connectivity index (χ2v) is 4.83. The average molecular weight is 236 g/mol. The molecule has 2 heterocycles. The highest BCUT2D eigenvalue weighted by atomic mass is 16.1. The van der Waals surface area contributed by atoms with Gasteiger partial charge in [0.1, 0.15) is 0 Å². The number of rotatable bonds is 3. The molecule has 1 aromatic heterocycles. The van der Waals surface area contributed by atoms with Gasteiger partial charge in [0.15, 0.2) is 0 Å². The largest absolute Gasteiger partial charge is 0.350 e. The lowest BCUT2D eigenvalue weighted by molar-refractivity contribution is 0.0941. The fourth-order valence-corrected chi connectivity index (χ4v) is 2.18. The highest BCUT2D eigenvalue weighted by Gasteiger charge is 2.23. The predicted molar refractivity (Wildman–Crippen MR) is 65.8 cm³/mol. The van der Waals surface area contributed by atoms with Crippen molar-refractivity contribution in [3.63, 3.8) is 0 Å². The summed E-state index contributed by atoms with van der Waals surface area (Å²) in [6.45, 7) is 4.92. The second kappa shape index (κ2) is 5.31. The maximum Gasteiger partial charge on any atom is 0.255 e. The molecule has 2 rings (SSSR count). The molecule has 0 radical (unpaired) electrons. The standard InChI is InChI=1S/C12H20N4O/c1-8(2)15-12(17)9-7-14-16-11(9)10-5-3-4-6-13-10/h7-8,10,13H,3-6H2,1-2H3,(H,14,16)(H,15,17). The minimum Gasteiger partial charge on any atom is -0.350 e. The number of H-pyrrole nitrogens is 1. The van der Waals surface area contributed by atoms with Crippen molar-refractivity contribution in [3.8, 4) is 0 Å². The Morgan fingerprint density at radius 1 is 1.53 bits per heavy atom. The van der Waals surface area contributed by atoms with Gasteiger partial charge in [0.2, 0.25) is 0 Å². The number of nitrogens with one attached hydrogen (secondary N) is 3. The Balaban J connectivity index is 2.12. The monoisotopic (exact) mass is 236 g/mol. The summed E-state index contributed by atoms with van der Waals surface area (Å²) in [5, 5.41) is 13.3. The highest BCUT2D eigenvalue weighted by molar-refractivity contribution is 5.95. The summed E-state index contributed by atoms with van der Waals surface area (Å²) in [5.74, 6) is -0.0453. The van der Waals surface area contributed by atoms with Crippen LogP contribution in [0, 0.1) is 0 Å². The highest BCUT2D eigenvalue weighted by Crippen LogP contribution is 2.23. The third-order valence-corrected chi connectivity index (χ3v) is 2.99. The van der Waals surface area contributed by atoms with E-state index in [2.05, 4.69) is 20.8 Å². The maximum absolute atomic E-state index is 12.0. The summed E-state index contributed by atoms with van der Waals surface area (Å²) in [7, 11) is 0. The number of nitrogens with zero attached hydrogens (tertiary/aromatic N) is 1. The van der Waals surface area contributed by atoms with Crippen LogP contribution in [-0.2, 0) is 0 Å². The molecule has 3 N–H and O–H groups in total. The topological polar surface area (TPSA) is 69.8 Å². The van der Waals surface area contributed by atoms with E-state index in [-0.39, 0.29) is 18.0 Å². The number of amides is 1. The number of carbonyl (C=O) groups is 1. The zero-order valence-corrected chi connectivity index (χ0v) is 10.4. The van der Waals surface area contributed by atoms with Crippen LogP contribution in [0.5, 0.6) is 0 Å². The minimum absolute atomic E-state index is 0.0453. The van der Waals surface area contributed by atoms with Crippen molar-refractivity contribution in [2.75, 3.05) is 6.54 Å². The number of piperidine rings is 1.